The molecule has 1 aromatic carbocycles. The van der Waals surface area contributed by atoms with E-state index < -0.39 is 11.6 Å². The van der Waals surface area contributed by atoms with Gasteiger partial charge in [0.25, 0.3) is 0 Å². The van der Waals surface area contributed by atoms with Gasteiger partial charge in [-0.05, 0) is 17.7 Å². The van der Waals surface area contributed by atoms with Gasteiger partial charge in [0.15, 0.2) is 0 Å². The molecular formula is C10H12F2N2. The topological polar surface area (TPSA) is 24.1 Å². The van der Waals surface area contributed by atoms with Crippen LogP contribution in [0, 0.1) is 11.6 Å². The lowest BCUT2D eigenvalue weighted by molar-refractivity contribution is 0.426. The summed E-state index contributed by atoms with van der Waals surface area (Å²) in [6.07, 6.45) is 0. The second-order valence-corrected chi connectivity index (χ2v) is 3.41. The minimum atomic E-state index is -0.521. The third kappa shape index (κ3) is 2.08. The molecule has 2 N–H and O–H groups in total. The third-order valence-electron chi connectivity index (χ3n) is 2.33. The Kier molecular flexibility index (Phi) is 2.74. The SMILES string of the molecule is Fc1cc(F)cc(C2CNCCN2)c1. The summed E-state index contributed by atoms with van der Waals surface area (Å²) in [6, 6.07) is 3.63. The Morgan fingerprint density at radius 3 is 2.36 bits per heavy atom. The van der Waals surface area contributed by atoms with Crippen molar-refractivity contribution in [2.24, 2.45) is 0 Å². The second-order valence-electron chi connectivity index (χ2n) is 3.41. The zero-order valence-corrected chi connectivity index (χ0v) is 7.69. The van der Waals surface area contributed by atoms with Gasteiger partial charge in [-0.15, -0.1) is 0 Å². The molecule has 1 atom stereocenters. The first kappa shape index (κ1) is 9.55. The van der Waals surface area contributed by atoms with Crippen LogP contribution in [0.4, 0.5) is 8.78 Å². The molecule has 1 aliphatic heterocycles. The van der Waals surface area contributed by atoms with Crippen LogP contribution in [0.1, 0.15) is 11.6 Å². The molecule has 0 aromatic heterocycles. The number of nitrogens with one attached hydrogen (secondary N) is 2. The van der Waals surface area contributed by atoms with Crippen LogP contribution in [0.5, 0.6) is 0 Å². The Hall–Kier alpha value is -1.00. The van der Waals surface area contributed by atoms with Crippen LogP contribution in [-0.4, -0.2) is 19.6 Å². The first-order chi connectivity index (χ1) is 6.75. The standard InChI is InChI=1S/C10H12F2N2/c11-8-3-7(4-9(12)5-8)10-6-13-1-2-14-10/h3-5,10,13-14H,1-2,6H2. The van der Waals surface area contributed by atoms with Crippen molar-refractivity contribution in [2.75, 3.05) is 19.6 Å². The molecule has 14 heavy (non-hydrogen) atoms. The van der Waals surface area contributed by atoms with E-state index in [9.17, 15) is 8.78 Å². The highest BCUT2D eigenvalue weighted by Gasteiger charge is 2.15. The van der Waals surface area contributed by atoms with Gasteiger partial charge in [-0.2, -0.15) is 0 Å². The Morgan fingerprint density at radius 1 is 1.07 bits per heavy atom. The largest absolute Gasteiger partial charge is 0.314 e. The van der Waals surface area contributed by atoms with Crippen molar-refractivity contribution >= 4 is 0 Å². The Bertz CT molecular complexity index is 302. The molecule has 2 rings (SSSR count). The predicted molar refractivity (Wildman–Crippen MR) is 50.0 cm³/mol. The maximum atomic E-state index is 12.9. The van der Waals surface area contributed by atoms with Crippen LogP contribution >= 0.6 is 0 Å². The average molecular weight is 198 g/mol. The Balaban J connectivity index is 2.21. The molecule has 4 heteroatoms. The van der Waals surface area contributed by atoms with E-state index in [1.54, 1.807) is 0 Å². The first-order valence-electron chi connectivity index (χ1n) is 4.66. The number of hydrogen-bond acceptors (Lipinski definition) is 2. The fourth-order valence-electron chi connectivity index (χ4n) is 1.67. The van der Waals surface area contributed by atoms with Gasteiger partial charge in [-0.3, -0.25) is 0 Å². The summed E-state index contributed by atoms with van der Waals surface area (Å²) < 4.78 is 25.8. The van der Waals surface area contributed by atoms with Crippen molar-refractivity contribution in [3.05, 3.63) is 35.4 Å². The molecule has 0 bridgehead atoms. The van der Waals surface area contributed by atoms with Crippen molar-refractivity contribution in [1.29, 1.82) is 0 Å². The summed E-state index contributed by atoms with van der Waals surface area (Å²) >= 11 is 0. The molecule has 0 saturated carbocycles. The maximum absolute atomic E-state index is 12.9. The molecule has 1 unspecified atom stereocenters. The van der Waals surface area contributed by atoms with Gasteiger partial charge in [0.1, 0.15) is 11.6 Å². The third-order valence-corrected chi connectivity index (χ3v) is 2.33. The molecule has 0 amide bonds. The lowest BCUT2D eigenvalue weighted by Gasteiger charge is -2.24. The van der Waals surface area contributed by atoms with Gasteiger partial charge in [-0.25, -0.2) is 8.78 Å². The van der Waals surface area contributed by atoms with E-state index in [4.69, 9.17) is 0 Å². The smallest absolute Gasteiger partial charge is 0.126 e. The normalized spacial score (nSPS) is 22.3. The number of benzene rings is 1. The molecule has 2 nitrogen and oxygen atoms in total. The van der Waals surface area contributed by atoms with Gasteiger partial charge < -0.3 is 10.6 Å². The Labute approximate surface area is 81.3 Å². The van der Waals surface area contributed by atoms with E-state index >= 15 is 0 Å². The zero-order chi connectivity index (χ0) is 9.97. The number of rotatable bonds is 1. The first-order valence-corrected chi connectivity index (χ1v) is 4.66. The van der Waals surface area contributed by atoms with Crippen molar-refractivity contribution in [2.45, 2.75) is 6.04 Å². The van der Waals surface area contributed by atoms with Crippen molar-refractivity contribution < 1.29 is 8.78 Å². The van der Waals surface area contributed by atoms with E-state index in [-0.39, 0.29) is 6.04 Å². The highest BCUT2D eigenvalue weighted by atomic mass is 19.1. The van der Waals surface area contributed by atoms with Crippen molar-refractivity contribution in [3.8, 4) is 0 Å². The molecule has 0 radical (unpaired) electrons. The van der Waals surface area contributed by atoms with E-state index in [1.807, 2.05) is 0 Å². The highest BCUT2D eigenvalue weighted by Crippen LogP contribution is 2.16. The van der Waals surface area contributed by atoms with Crippen molar-refractivity contribution in [3.63, 3.8) is 0 Å². The van der Waals surface area contributed by atoms with E-state index in [2.05, 4.69) is 10.6 Å². The van der Waals surface area contributed by atoms with Crippen LogP contribution in [0.2, 0.25) is 0 Å². The molecule has 1 aromatic rings. The summed E-state index contributed by atoms with van der Waals surface area (Å²) in [4.78, 5) is 0. The molecular weight excluding hydrogens is 186 g/mol. The molecule has 76 valence electrons. The molecule has 1 aliphatic rings. The highest BCUT2D eigenvalue weighted by molar-refractivity contribution is 5.22. The maximum Gasteiger partial charge on any atom is 0.126 e. The summed E-state index contributed by atoms with van der Waals surface area (Å²) in [7, 11) is 0. The number of piperazine rings is 1. The second kappa shape index (κ2) is 4.02. The van der Waals surface area contributed by atoms with Crippen LogP contribution in [-0.2, 0) is 0 Å². The lowest BCUT2D eigenvalue weighted by atomic mass is 10.1. The van der Waals surface area contributed by atoms with Gasteiger partial charge >= 0.3 is 0 Å². The van der Waals surface area contributed by atoms with Crippen LogP contribution < -0.4 is 10.6 Å². The van der Waals surface area contributed by atoms with Crippen molar-refractivity contribution in [1.82, 2.24) is 10.6 Å². The van der Waals surface area contributed by atoms with Crippen LogP contribution in [0.25, 0.3) is 0 Å². The molecule has 0 aliphatic carbocycles. The summed E-state index contributed by atoms with van der Waals surface area (Å²) in [5.74, 6) is -1.04. The Morgan fingerprint density at radius 2 is 1.79 bits per heavy atom. The predicted octanol–water partition coefficient (Wildman–Crippen LogP) is 1.20. The fraction of sp³-hybridized carbons (Fsp3) is 0.400. The van der Waals surface area contributed by atoms with Crippen LogP contribution in [0.3, 0.4) is 0 Å². The van der Waals surface area contributed by atoms with Gasteiger partial charge in [0.2, 0.25) is 0 Å². The number of hydrogen-bond donors (Lipinski definition) is 2. The van der Waals surface area contributed by atoms with Crippen LogP contribution in [0.15, 0.2) is 18.2 Å². The average Bonchev–Trinajstić information content (AvgIpc) is 2.18. The molecule has 0 spiro atoms. The molecule has 1 saturated heterocycles. The summed E-state index contributed by atoms with van der Waals surface area (Å²) in [5.41, 5.74) is 0.662. The lowest BCUT2D eigenvalue weighted by Crippen LogP contribution is -2.42. The van der Waals surface area contributed by atoms with E-state index in [0.717, 1.165) is 19.2 Å². The molecule has 1 fully saturated rings. The number of halogens is 2. The fourth-order valence-corrected chi connectivity index (χ4v) is 1.67. The quantitative estimate of drug-likeness (QED) is 0.708. The summed E-state index contributed by atoms with van der Waals surface area (Å²) in [5, 5.41) is 6.36. The van der Waals surface area contributed by atoms with Gasteiger partial charge in [0, 0.05) is 31.7 Å². The van der Waals surface area contributed by atoms with Gasteiger partial charge in [-0.1, -0.05) is 0 Å². The molecule has 1 heterocycles. The van der Waals surface area contributed by atoms with E-state index in [1.165, 1.54) is 12.1 Å². The minimum Gasteiger partial charge on any atom is -0.314 e. The summed E-state index contributed by atoms with van der Waals surface area (Å²) in [6.45, 7) is 2.43. The minimum absolute atomic E-state index is 0.00829. The monoisotopic (exact) mass is 198 g/mol. The zero-order valence-electron chi connectivity index (χ0n) is 7.69. The van der Waals surface area contributed by atoms with E-state index in [0.29, 0.717) is 12.1 Å². The van der Waals surface area contributed by atoms with Gasteiger partial charge in [0.05, 0.1) is 0 Å².